The third-order valence-corrected chi connectivity index (χ3v) is 6.23. The molecule has 164 valence electrons. The van der Waals surface area contributed by atoms with Crippen LogP contribution in [0.1, 0.15) is 38.3 Å². The average Bonchev–Trinajstić information content (AvgIpc) is 3.32. The number of hydrogen-bond donors (Lipinski definition) is 1. The molecular formula is C22H27N5O3S. The van der Waals surface area contributed by atoms with Crippen LogP contribution in [-0.4, -0.2) is 50.2 Å². The van der Waals surface area contributed by atoms with E-state index in [1.165, 1.54) is 11.8 Å². The van der Waals surface area contributed by atoms with Gasteiger partial charge in [0.2, 0.25) is 5.91 Å². The highest BCUT2D eigenvalue weighted by atomic mass is 32.2. The molecular weight excluding hydrogens is 414 g/mol. The van der Waals surface area contributed by atoms with Gasteiger partial charge < -0.3 is 10.1 Å². The number of aryl methyl sites for hydroxylation is 1. The second-order valence-electron chi connectivity index (χ2n) is 7.99. The van der Waals surface area contributed by atoms with Gasteiger partial charge in [-0.25, -0.2) is 9.67 Å². The molecule has 2 aromatic heterocycles. The Morgan fingerprint density at radius 2 is 2.23 bits per heavy atom. The van der Waals surface area contributed by atoms with Gasteiger partial charge in [0.15, 0.2) is 10.8 Å². The molecule has 0 saturated heterocycles. The summed E-state index contributed by atoms with van der Waals surface area (Å²) in [7, 11) is 0. The second kappa shape index (κ2) is 9.23. The van der Waals surface area contributed by atoms with Crippen LogP contribution in [0.15, 0.2) is 40.4 Å². The zero-order chi connectivity index (χ0) is 22.0. The van der Waals surface area contributed by atoms with Gasteiger partial charge in [0.1, 0.15) is 5.39 Å². The van der Waals surface area contributed by atoms with Crippen LogP contribution in [0, 0.1) is 6.92 Å². The van der Waals surface area contributed by atoms with E-state index in [-0.39, 0.29) is 30.0 Å². The number of nitrogens with zero attached hydrogens (tertiary/aromatic N) is 4. The summed E-state index contributed by atoms with van der Waals surface area (Å²) in [6, 6.07) is 7.71. The molecule has 4 rings (SSSR count). The van der Waals surface area contributed by atoms with Crippen LogP contribution in [0.2, 0.25) is 0 Å². The van der Waals surface area contributed by atoms with Crippen molar-refractivity contribution >= 4 is 28.7 Å². The molecule has 1 amide bonds. The molecule has 9 heteroatoms. The summed E-state index contributed by atoms with van der Waals surface area (Å²) < 4.78 is 8.83. The van der Waals surface area contributed by atoms with E-state index in [2.05, 4.69) is 10.4 Å². The minimum atomic E-state index is -0.210. The van der Waals surface area contributed by atoms with Gasteiger partial charge in [-0.15, -0.1) is 0 Å². The van der Waals surface area contributed by atoms with Crippen LogP contribution in [-0.2, 0) is 9.53 Å². The number of fused-ring (bicyclic) bond motifs is 2. The fourth-order valence-electron chi connectivity index (χ4n) is 3.63. The Morgan fingerprint density at radius 1 is 1.39 bits per heavy atom. The molecule has 8 nitrogen and oxygen atoms in total. The van der Waals surface area contributed by atoms with Crippen molar-refractivity contribution in [2.75, 3.05) is 18.9 Å². The fourth-order valence-corrected chi connectivity index (χ4v) is 4.77. The Bertz CT molecular complexity index is 1150. The van der Waals surface area contributed by atoms with E-state index in [4.69, 9.17) is 9.72 Å². The van der Waals surface area contributed by atoms with Crippen LogP contribution < -0.4 is 10.9 Å². The molecule has 1 aliphatic rings. The average molecular weight is 442 g/mol. The molecule has 1 N–H and O–H groups in total. The van der Waals surface area contributed by atoms with Gasteiger partial charge in [0, 0.05) is 25.3 Å². The number of benzene rings is 1. The number of rotatable bonds is 8. The summed E-state index contributed by atoms with van der Waals surface area (Å²) in [6.45, 7) is 7.17. The van der Waals surface area contributed by atoms with Crippen LogP contribution >= 0.6 is 11.8 Å². The van der Waals surface area contributed by atoms with E-state index < -0.39 is 0 Å². The fraction of sp³-hybridized carbons (Fsp3) is 0.455. The Hall–Kier alpha value is -2.65. The number of carbonyl (C=O) groups is 1. The minimum absolute atomic E-state index is 0.0644. The number of ether oxygens (including phenoxy) is 1. The maximum absolute atomic E-state index is 13.2. The number of aromatic nitrogens is 4. The van der Waals surface area contributed by atoms with Gasteiger partial charge in [0.25, 0.3) is 5.56 Å². The van der Waals surface area contributed by atoms with Crippen molar-refractivity contribution in [3.63, 3.8) is 0 Å². The Balaban J connectivity index is 1.50. The monoisotopic (exact) mass is 441 g/mol. The standard InChI is InChI=1S/C22H27N5O3S/c1-14(2)30-9-5-8-23-19(28)11-17-13-31-22-25-20-18(21(29)26(17)22)12-24-27(20)16-7-4-6-15(3)10-16/h4,6-7,10,12,14,17H,5,8-9,11,13H2,1-3H3,(H,23,28). The Kier molecular flexibility index (Phi) is 6.43. The quantitative estimate of drug-likeness (QED) is 0.427. The van der Waals surface area contributed by atoms with Gasteiger partial charge in [-0.1, -0.05) is 23.9 Å². The molecule has 0 spiro atoms. The van der Waals surface area contributed by atoms with Crippen molar-refractivity contribution in [2.24, 2.45) is 0 Å². The zero-order valence-corrected chi connectivity index (χ0v) is 18.8. The lowest BCUT2D eigenvalue weighted by Crippen LogP contribution is -2.31. The van der Waals surface area contributed by atoms with E-state index in [0.29, 0.717) is 35.1 Å². The number of hydrogen-bond acceptors (Lipinski definition) is 6. The molecule has 3 heterocycles. The van der Waals surface area contributed by atoms with E-state index >= 15 is 0 Å². The highest BCUT2D eigenvalue weighted by Crippen LogP contribution is 2.33. The molecule has 0 saturated carbocycles. The third kappa shape index (κ3) is 4.67. The van der Waals surface area contributed by atoms with Crippen molar-refractivity contribution in [3.05, 3.63) is 46.4 Å². The molecule has 1 aromatic carbocycles. The van der Waals surface area contributed by atoms with Gasteiger partial charge in [-0.05, 0) is 44.9 Å². The molecule has 0 bridgehead atoms. The predicted molar refractivity (Wildman–Crippen MR) is 121 cm³/mol. The van der Waals surface area contributed by atoms with E-state index in [0.717, 1.165) is 17.7 Å². The van der Waals surface area contributed by atoms with E-state index in [9.17, 15) is 9.59 Å². The van der Waals surface area contributed by atoms with Gasteiger partial charge in [0.05, 0.1) is 24.0 Å². The maximum atomic E-state index is 13.2. The summed E-state index contributed by atoms with van der Waals surface area (Å²) in [5.74, 6) is 0.585. The highest BCUT2D eigenvalue weighted by molar-refractivity contribution is 7.99. The van der Waals surface area contributed by atoms with Gasteiger partial charge >= 0.3 is 0 Å². The normalized spacial score (nSPS) is 15.5. The molecule has 3 aromatic rings. The van der Waals surface area contributed by atoms with Gasteiger partial charge in [-0.3, -0.25) is 14.2 Å². The first kappa shape index (κ1) is 21.6. The number of nitrogens with one attached hydrogen (secondary N) is 1. The minimum Gasteiger partial charge on any atom is -0.379 e. The van der Waals surface area contributed by atoms with Crippen LogP contribution in [0.4, 0.5) is 0 Å². The van der Waals surface area contributed by atoms with E-state index in [1.807, 2.05) is 45.0 Å². The maximum Gasteiger partial charge on any atom is 0.265 e. The molecule has 0 aliphatic carbocycles. The molecule has 31 heavy (non-hydrogen) atoms. The Morgan fingerprint density at radius 3 is 3.00 bits per heavy atom. The van der Waals surface area contributed by atoms with Crippen molar-refractivity contribution < 1.29 is 9.53 Å². The molecule has 0 fully saturated rings. The largest absolute Gasteiger partial charge is 0.379 e. The van der Waals surface area contributed by atoms with Crippen LogP contribution in [0.25, 0.3) is 16.7 Å². The number of thioether (sulfide) groups is 1. The SMILES string of the molecule is Cc1cccc(-n2ncc3c(=O)n4c(nc32)SCC4CC(=O)NCCCOC(C)C)c1. The summed E-state index contributed by atoms with van der Waals surface area (Å²) in [5.41, 5.74) is 2.37. The van der Waals surface area contributed by atoms with Crippen LogP contribution in [0.5, 0.6) is 0 Å². The molecule has 1 unspecified atom stereocenters. The molecule has 1 atom stereocenters. The lowest BCUT2D eigenvalue weighted by atomic mass is 10.2. The number of amides is 1. The summed E-state index contributed by atoms with van der Waals surface area (Å²) in [6.07, 6.45) is 2.77. The lowest BCUT2D eigenvalue weighted by Gasteiger charge is -2.14. The lowest BCUT2D eigenvalue weighted by molar-refractivity contribution is -0.121. The first-order valence-electron chi connectivity index (χ1n) is 10.5. The van der Waals surface area contributed by atoms with Crippen molar-refractivity contribution in [3.8, 4) is 5.69 Å². The topological polar surface area (TPSA) is 91.0 Å². The number of carbonyl (C=O) groups excluding carboxylic acids is 1. The summed E-state index contributed by atoms with van der Waals surface area (Å²) in [4.78, 5) is 30.3. The molecule has 0 radical (unpaired) electrons. The first-order valence-corrected chi connectivity index (χ1v) is 11.5. The zero-order valence-electron chi connectivity index (χ0n) is 18.0. The van der Waals surface area contributed by atoms with Crippen molar-refractivity contribution in [1.82, 2.24) is 24.6 Å². The highest BCUT2D eigenvalue weighted by Gasteiger charge is 2.29. The second-order valence-corrected chi connectivity index (χ2v) is 8.98. The van der Waals surface area contributed by atoms with E-state index in [1.54, 1.807) is 15.4 Å². The van der Waals surface area contributed by atoms with Crippen molar-refractivity contribution in [2.45, 2.75) is 50.9 Å². The predicted octanol–water partition coefficient (Wildman–Crippen LogP) is 2.86. The summed E-state index contributed by atoms with van der Waals surface area (Å²) >= 11 is 1.50. The third-order valence-electron chi connectivity index (χ3n) is 5.13. The van der Waals surface area contributed by atoms with Crippen molar-refractivity contribution in [1.29, 1.82) is 0 Å². The molecule has 1 aliphatic heterocycles. The Labute approximate surface area is 185 Å². The smallest absolute Gasteiger partial charge is 0.265 e. The van der Waals surface area contributed by atoms with Gasteiger partial charge in [-0.2, -0.15) is 5.10 Å². The summed E-state index contributed by atoms with van der Waals surface area (Å²) in [5, 5.41) is 8.42. The van der Waals surface area contributed by atoms with Crippen LogP contribution in [0.3, 0.4) is 0 Å². The first-order chi connectivity index (χ1) is 14.9.